The number of nitrogens with zero attached hydrogens (tertiary/aromatic N) is 1. The summed E-state index contributed by atoms with van der Waals surface area (Å²) in [5.41, 5.74) is 5.31. The molecule has 0 aromatic carbocycles. The van der Waals surface area contributed by atoms with E-state index in [0.29, 0.717) is 11.8 Å². The molecule has 0 radical (unpaired) electrons. The number of hydrogen-bond acceptors (Lipinski definition) is 4. The Hall–Kier alpha value is -0.910. The molecular weight excluding hydrogens is 214 g/mol. The van der Waals surface area contributed by atoms with E-state index >= 15 is 0 Å². The molecule has 0 saturated heterocycles. The first-order valence-corrected chi connectivity index (χ1v) is 6.09. The predicted molar refractivity (Wildman–Crippen MR) is 63.2 cm³/mol. The molecule has 0 fully saturated rings. The van der Waals surface area contributed by atoms with Crippen LogP contribution in [0.2, 0.25) is 0 Å². The van der Waals surface area contributed by atoms with Crippen molar-refractivity contribution in [2.24, 2.45) is 16.8 Å². The summed E-state index contributed by atoms with van der Waals surface area (Å²) in [6, 6.07) is 0. The standard InChI is InChI=1S/C9H19N3O2S/c1-6(15-3)4-5-11-9(13)7(2)8(10)12-14/h6-7,14H,4-5H2,1-3H3,(H2,10,12)(H,11,13). The Morgan fingerprint density at radius 1 is 1.60 bits per heavy atom. The maximum Gasteiger partial charge on any atom is 0.230 e. The Morgan fingerprint density at radius 3 is 2.67 bits per heavy atom. The molecule has 2 atom stereocenters. The molecule has 5 nitrogen and oxygen atoms in total. The Bertz CT molecular complexity index is 233. The van der Waals surface area contributed by atoms with Gasteiger partial charge in [0.2, 0.25) is 5.91 Å². The Morgan fingerprint density at radius 2 is 2.20 bits per heavy atom. The van der Waals surface area contributed by atoms with Crippen molar-refractivity contribution in [1.82, 2.24) is 5.32 Å². The van der Waals surface area contributed by atoms with Gasteiger partial charge in [-0.2, -0.15) is 11.8 Å². The van der Waals surface area contributed by atoms with Crippen molar-refractivity contribution in [3.8, 4) is 0 Å². The van der Waals surface area contributed by atoms with Crippen LogP contribution < -0.4 is 11.1 Å². The minimum absolute atomic E-state index is 0.0644. The van der Waals surface area contributed by atoms with Crippen molar-refractivity contribution >= 4 is 23.5 Å². The first kappa shape index (κ1) is 14.1. The number of nitrogens with one attached hydrogen (secondary N) is 1. The summed E-state index contributed by atoms with van der Waals surface area (Å²) in [5.74, 6) is -0.858. The molecule has 0 aliphatic rings. The highest BCUT2D eigenvalue weighted by atomic mass is 32.2. The van der Waals surface area contributed by atoms with E-state index in [2.05, 4.69) is 17.4 Å². The Balaban J connectivity index is 3.84. The number of amidine groups is 1. The molecular formula is C9H19N3O2S. The van der Waals surface area contributed by atoms with Crippen LogP contribution in [0.15, 0.2) is 5.16 Å². The van der Waals surface area contributed by atoms with Crippen molar-refractivity contribution in [1.29, 1.82) is 0 Å². The fourth-order valence-corrected chi connectivity index (χ4v) is 1.24. The van der Waals surface area contributed by atoms with Crippen LogP contribution in [0.25, 0.3) is 0 Å². The summed E-state index contributed by atoms with van der Waals surface area (Å²) in [6.45, 7) is 4.32. The van der Waals surface area contributed by atoms with Crippen LogP contribution in [0.4, 0.5) is 0 Å². The molecule has 6 heteroatoms. The summed E-state index contributed by atoms with van der Waals surface area (Å²) in [6.07, 6.45) is 2.95. The third-order valence-electron chi connectivity index (χ3n) is 2.20. The van der Waals surface area contributed by atoms with E-state index in [9.17, 15) is 4.79 Å². The van der Waals surface area contributed by atoms with E-state index in [4.69, 9.17) is 10.9 Å². The van der Waals surface area contributed by atoms with Gasteiger partial charge in [-0.1, -0.05) is 12.1 Å². The zero-order valence-corrected chi connectivity index (χ0v) is 10.2. The average molecular weight is 233 g/mol. The zero-order valence-electron chi connectivity index (χ0n) is 9.36. The third-order valence-corrected chi connectivity index (χ3v) is 3.25. The van der Waals surface area contributed by atoms with Gasteiger partial charge >= 0.3 is 0 Å². The van der Waals surface area contributed by atoms with Crippen LogP contribution in [0, 0.1) is 5.92 Å². The number of amides is 1. The van der Waals surface area contributed by atoms with Gasteiger partial charge in [-0.15, -0.1) is 0 Å². The lowest BCUT2D eigenvalue weighted by Gasteiger charge is -2.12. The van der Waals surface area contributed by atoms with E-state index < -0.39 is 5.92 Å². The Kier molecular flexibility index (Phi) is 6.94. The van der Waals surface area contributed by atoms with Crippen LogP contribution in [0.5, 0.6) is 0 Å². The van der Waals surface area contributed by atoms with E-state index in [0.717, 1.165) is 6.42 Å². The van der Waals surface area contributed by atoms with Crippen LogP contribution >= 0.6 is 11.8 Å². The average Bonchev–Trinajstić information content (AvgIpc) is 2.26. The predicted octanol–water partition coefficient (Wildman–Crippen LogP) is 0.627. The number of hydrogen-bond donors (Lipinski definition) is 3. The molecule has 15 heavy (non-hydrogen) atoms. The van der Waals surface area contributed by atoms with Gasteiger partial charge in [0, 0.05) is 11.8 Å². The van der Waals surface area contributed by atoms with Crippen molar-refractivity contribution in [3.05, 3.63) is 0 Å². The lowest BCUT2D eigenvalue weighted by atomic mass is 10.1. The van der Waals surface area contributed by atoms with Gasteiger partial charge in [-0.05, 0) is 19.6 Å². The van der Waals surface area contributed by atoms with Gasteiger partial charge in [0.1, 0.15) is 0 Å². The Labute approximate surface area is 94.5 Å². The molecule has 0 bridgehead atoms. The molecule has 2 unspecified atom stereocenters. The lowest BCUT2D eigenvalue weighted by molar-refractivity contribution is -0.122. The van der Waals surface area contributed by atoms with Gasteiger partial charge in [0.15, 0.2) is 5.84 Å². The fourth-order valence-electron chi connectivity index (χ4n) is 0.890. The number of nitrogens with two attached hydrogens (primary N) is 1. The molecule has 4 N–H and O–H groups in total. The van der Waals surface area contributed by atoms with Crippen LogP contribution in [0.3, 0.4) is 0 Å². The monoisotopic (exact) mass is 233 g/mol. The number of rotatable bonds is 6. The topological polar surface area (TPSA) is 87.7 Å². The smallest absolute Gasteiger partial charge is 0.230 e. The summed E-state index contributed by atoms with van der Waals surface area (Å²) >= 11 is 1.76. The second kappa shape index (κ2) is 7.39. The third kappa shape index (κ3) is 5.51. The minimum Gasteiger partial charge on any atom is -0.409 e. The summed E-state index contributed by atoms with van der Waals surface area (Å²) in [7, 11) is 0. The second-order valence-electron chi connectivity index (χ2n) is 3.37. The first-order valence-electron chi connectivity index (χ1n) is 4.80. The van der Waals surface area contributed by atoms with E-state index in [1.165, 1.54) is 0 Å². The maximum atomic E-state index is 11.4. The van der Waals surface area contributed by atoms with Crippen molar-refractivity contribution in [2.45, 2.75) is 25.5 Å². The molecule has 0 spiro atoms. The molecule has 0 aromatic heterocycles. The number of carbonyl (C=O) groups excluding carboxylic acids is 1. The molecule has 0 aliphatic heterocycles. The lowest BCUT2D eigenvalue weighted by Crippen LogP contribution is -2.38. The van der Waals surface area contributed by atoms with Gasteiger partial charge in [-0.3, -0.25) is 4.79 Å². The summed E-state index contributed by atoms with van der Waals surface area (Å²) in [5, 5.41) is 14.4. The molecule has 0 aromatic rings. The molecule has 0 rings (SSSR count). The normalized spacial score (nSPS) is 15.8. The van der Waals surface area contributed by atoms with Gasteiger partial charge in [0.05, 0.1) is 5.92 Å². The van der Waals surface area contributed by atoms with Crippen LogP contribution in [-0.4, -0.2) is 35.0 Å². The molecule has 0 saturated carbocycles. The van der Waals surface area contributed by atoms with Gasteiger partial charge in [0.25, 0.3) is 0 Å². The van der Waals surface area contributed by atoms with Gasteiger partial charge in [-0.25, -0.2) is 0 Å². The fraction of sp³-hybridized carbons (Fsp3) is 0.778. The van der Waals surface area contributed by atoms with Gasteiger partial charge < -0.3 is 16.3 Å². The molecule has 0 heterocycles. The highest BCUT2D eigenvalue weighted by Gasteiger charge is 2.16. The van der Waals surface area contributed by atoms with Crippen molar-refractivity contribution in [3.63, 3.8) is 0 Å². The minimum atomic E-state index is -0.584. The van der Waals surface area contributed by atoms with Crippen LogP contribution in [-0.2, 0) is 4.79 Å². The van der Waals surface area contributed by atoms with E-state index in [-0.39, 0.29) is 11.7 Å². The largest absolute Gasteiger partial charge is 0.409 e. The molecule has 88 valence electrons. The van der Waals surface area contributed by atoms with E-state index in [1.54, 1.807) is 18.7 Å². The van der Waals surface area contributed by atoms with Crippen LogP contribution in [0.1, 0.15) is 20.3 Å². The highest BCUT2D eigenvalue weighted by molar-refractivity contribution is 7.99. The SMILES string of the molecule is CSC(C)CCNC(=O)C(C)C(N)=NO. The van der Waals surface area contributed by atoms with Crippen molar-refractivity contribution in [2.75, 3.05) is 12.8 Å². The molecule has 0 aliphatic carbocycles. The number of oxime groups is 1. The number of carbonyl (C=O) groups is 1. The van der Waals surface area contributed by atoms with Crippen molar-refractivity contribution < 1.29 is 10.0 Å². The summed E-state index contributed by atoms with van der Waals surface area (Å²) < 4.78 is 0. The molecule has 1 amide bonds. The summed E-state index contributed by atoms with van der Waals surface area (Å²) in [4.78, 5) is 11.4. The first-order chi connectivity index (χ1) is 7.02. The van der Waals surface area contributed by atoms with E-state index in [1.807, 2.05) is 6.26 Å². The number of thioether (sulfide) groups is 1. The zero-order chi connectivity index (χ0) is 11.8. The maximum absolute atomic E-state index is 11.4. The quantitative estimate of drug-likeness (QED) is 0.272. The second-order valence-corrected chi connectivity index (χ2v) is 4.65. The highest BCUT2D eigenvalue weighted by Crippen LogP contribution is 2.08.